The predicted molar refractivity (Wildman–Crippen MR) is 148 cm³/mol. The summed E-state index contributed by atoms with van der Waals surface area (Å²) < 4.78 is 11.8. The molecular formula is C31H42N2O7. The Labute approximate surface area is 235 Å². The SMILES string of the molecule is COc1cc(C=O)cc2c1OC1C2C(C(=O)NCCO)=CC(N(C(=O)CCC2CCCC2)C2CCCCC2)C1O. The second-order valence-corrected chi connectivity index (χ2v) is 11.7. The van der Waals surface area contributed by atoms with Gasteiger partial charge < -0.3 is 29.9 Å². The van der Waals surface area contributed by atoms with Crippen LogP contribution in [0.4, 0.5) is 0 Å². The number of methoxy groups -OCH3 is 1. The highest BCUT2D eigenvalue weighted by Gasteiger charge is 2.52. The van der Waals surface area contributed by atoms with Gasteiger partial charge in [-0.05, 0) is 43.4 Å². The molecular weight excluding hydrogens is 512 g/mol. The molecule has 0 aromatic heterocycles. The monoisotopic (exact) mass is 554 g/mol. The average Bonchev–Trinajstić information content (AvgIpc) is 3.64. The maximum absolute atomic E-state index is 13.9. The lowest BCUT2D eigenvalue weighted by Gasteiger charge is -2.45. The highest BCUT2D eigenvalue weighted by molar-refractivity contribution is 5.96. The van der Waals surface area contributed by atoms with Gasteiger partial charge in [0.25, 0.3) is 0 Å². The van der Waals surface area contributed by atoms with Crippen molar-refractivity contribution in [2.75, 3.05) is 20.3 Å². The topological polar surface area (TPSA) is 125 Å². The van der Waals surface area contributed by atoms with Crippen molar-refractivity contribution < 1.29 is 34.1 Å². The number of hydrogen-bond donors (Lipinski definition) is 3. The van der Waals surface area contributed by atoms with E-state index in [4.69, 9.17) is 9.47 Å². The van der Waals surface area contributed by atoms with Gasteiger partial charge in [0.2, 0.25) is 11.8 Å². The fourth-order valence-corrected chi connectivity index (χ4v) is 7.26. The maximum Gasteiger partial charge on any atom is 0.247 e. The van der Waals surface area contributed by atoms with E-state index in [1.54, 1.807) is 18.2 Å². The van der Waals surface area contributed by atoms with Gasteiger partial charge in [-0.1, -0.05) is 44.9 Å². The van der Waals surface area contributed by atoms with Gasteiger partial charge in [-0.25, -0.2) is 0 Å². The van der Waals surface area contributed by atoms with E-state index >= 15 is 0 Å². The summed E-state index contributed by atoms with van der Waals surface area (Å²) in [6.45, 7) is -0.151. The molecule has 3 N–H and O–H groups in total. The van der Waals surface area contributed by atoms with E-state index < -0.39 is 30.1 Å². The second-order valence-electron chi connectivity index (χ2n) is 11.7. The number of fused-ring (bicyclic) bond motifs is 3. The minimum Gasteiger partial charge on any atom is -0.493 e. The van der Waals surface area contributed by atoms with Gasteiger partial charge in [0, 0.05) is 35.7 Å². The summed E-state index contributed by atoms with van der Waals surface area (Å²) in [5.41, 5.74) is 1.32. The van der Waals surface area contributed by atoms with Gasteiger partial charge in [-0.2, -0.15) is 0 Å². The van der Waals surface area contributed by atoms with Crippen LogP contribution in [0.25, 0.3) is 0 Å². The standard InChI is InChI=1S/C31H42N2O7/c1-39-25-16-20(18-35)15-22-27-23(31(38)32-13-14-34)17-24(28(37)30(27)40-29(22)25)33(21-9-3-2-4-10-21)26(36)12-11-19-7-5-6-8-19/h15-19,21,24,27-28,30,34,37H,2-14H2,1H3,(H,32,38). The first kappa shape index (κ1) is 28.6. The van der Waals surface area contributed by atoms with Gasteiger partial charge in [-0.3, -0.25) is 14.4 Å². The third kappa shape index (κ3) is 5.63. The third-order valence-electron chi connectivity index (χ3n) is 9.23. The molecule has 0 saturated heterocycles. The summed E-state index contributed by atoms with van der Waals surface area (Å²) >= 11 is 0. The largest absolute Gasteiger partial charge is 0.493 e. The van der Waals surface area contributed by atoms with Crippen LogP contribution in [0.1, 0.15) is 92.5 Å². The minimum atomic E-state index is -1.09. The van der Waals surface area contributed by atoms with Gasteiger partial charge >= 0.3 is 0 Å². The van der Waals surface area contributed by atoms with Crippen LogP contribution in [0.15, 0.2) is 23.8 Å². The Morgan fingerprint density at radius 2 is 1.85 bits per heavy atom. The van der Waals surface area contributed by atoms with E-state index in [0.29, 0.717) is 46.8 Å². The lowest BCUT2D eigenvalue weighted by Crippen LogP contribution is -2.58. The molecule has 0 radical (unpaired) electrons. The van der Waals surface area contributed by atoms with E-state index in [-0.39, 0.29) is 25.1 Å². The molecule has 9 nitrogen and oxygen atoms in total. The van der Waals surface area contributed by atoms with Gasteiger partial charge in [0.1, 0.15) is 18.5 Å². The van der Waals surface area contributed by atoms with E-state index in [2.05, 4.69) is 5.32 Å². The van der Waals surface area contributed by atoms with Crippen molar-refractivity contribution in [2.45, 2.75) is 101 Å². The zero-order chi connectivity index (χ0) is 28.2. The van der Waals surface area contributed by atoms with Crippen molar-refractivity contribution >= 4 is 18.1 Å². The van der Waals surface area contributed by atoms with Crippen molar-refractivity contribution in [1.29, 1.82) is 0 Å². The van der Waals surface area contributed by atoms with Crippen LogP contribution in [0.5, 0.6) is 11.5 Å². The summed E-state index contributed by atoms with van der Waals surface area (Å²) in [5, 5.41) is 24.0. The summed E-state index contributed by atoms with van der Waals surface area (Å²) in [7, 11) is 1.48. The Morgan fingerprint density at radius 1 is 1.12 bits per heavy atom. The molecule has 2 amide bonds. The van der Waals surface area contributed by atoms with Gasteiger partial charge in [0.15, 0.2) is 11.5 Å². The summed E-state index contributed by atoms with van der Waals surface area (Å²) in [6.07, 6.45) is 11.5. The van der Waals surface area contributed by atoms with Crippen LogP contribution >= 0.6 is 0 Å². The van der Waals surface area contributed by atoms with Crippen LogP contribution in [-0.2, 0) is 9.59 Å². The molecule has 0 bridgehead atoms. The third-order valence-corrected chi connectivity index (χ3v) is 9.23. The molecule has 5 rings (SSSR count). The number of amides is 2. The lowest BCUT2D eigenvalue weighted by molar-refractivity contribution is -0.141. The highest BCUT2D eigenvalue weighted by Crippen LogP contribution is 2.51. The van der Waals surface area contributed by atoms with Crippen LogP contribution in [0.3, 0.4) is 0 Å². The number of carbonyl (C=O) groups is 3. The first-order chi connectivity index (χ1) is 19.5. The first-order valence-corrected chi connectivity index (χ1v) is 14.9. The van der Waals surface area contributed by atoms with Crippen molar-refractivity contribution in [3.63, 3.8) is 0 Å². The zero-order valence-corrected chi connectivity index (χ0v) is 23.3. The summed E-state index contributed by atoms with van der Waals surface area (Å²) in [5.74, 6) is 0.278. The number of aldehydes is 1. The molecule has 1 heterocycles. The molecule has 4 unspecified atom stereocenters. The second kappa shape index (κ2) is 12.7. The maximum atomic E-state index is 13.9. The quantitative estimate of drug-likeness (QED) is 0.379. The zero-order valence-electron chi connectivity index (χ0n) is 23.3. The van der Waals surface area contributed by atoms with Crippen molar-refractivity contribution in [3.05, 3.63) is 34.9 Å². The molecule has 1 aromatic rings. The predicted octanol–water partition coefficient (Wildman–Crippen LogP) is 3.26. The van der Waals surface area contributed by atoms with Crippen molar-refractivity contribution in [3.8, 4) is 11.5 Å². The molecule has 40 heavy (non-hydrogen) atoms. The lowest BCUT2D eigenvalue weighted by atomic mass is 9.76. The average molecular weight is 555 g/mol. The Kier molecular flexibility index (Phi) is 9.10. The fourth-order valence-electron chi connectivity index (χ4n) is 7.26. The van der Waals surface area contributed by atoms with Gasteiger partial charge in [0.05, 0.1) is 25.7 Å². The molecule has 3 aliphatic carbocycles. The molecule has 2 saturated carbocycles. The van der Waals surface area contributed by atoms with Crippen LogP contribution < -0.4 is 14.8 Å². The van der Waals surface area contributed by atoms with E-state index in [9.17, 15) is 24.6 Å². The minimum absolute atomic E-state index is 0.0148. The highest BCUT2D eigenvalue weighted by atomic mass is 16.5. The molecule has 2 fully saturated rings. The molecule has 9 heteroatoms. The smallest absolute Gasteiger partial charge is 0.247 e. The molecule has 0 spiro atoms. The van der Waals surface area contributed by atoms with Crippen LogP contribution in [-0.4, -0.2) is 77.8 Å². The first-order valence-electron chi connectivity index (χ1n) is 14.9. The Balaban J connectivity index is 1.53. The Bertz CT molecular complexity index is 1120. The number of rotatable bonds is 10. The van der Waals surface area contributed by atoms with Crippen LogP contribution in [0.2, 0.25) is 0 Å². The number of nitrogens with one attached hydrogen (secondary N) is 1. The molecule has 4 aliphatic rings. The number of aliphatic hydroxyl groups excluding tert-OH is 2. The molecule has 1 aliphatic heterocycles. The van der Waals surface area contributed by atoms with E-state index in [1.165, 1.54) is 20.0 Å². The van der Waals surface area contributed by atoms with Crippen LogP contribution in [0, 0.1) is 5.92 Å². The number of nitrogens with zero attached hydrogens (tertiary/aromatic N) is 1. The van der Waals surface area contributed by atoms with E-state index in [1.807, 2.05) is 4.90 Å². The van der Waals surface area contributed by atoms with E-state index in [0.717, 1.165) is 51.4 Å². The van der Waals surface area contributed by atoms with Gasteiger partial charge in [-0.15, -0.1) is 0 Å². The number of ether oxygens (including phenoxy) is 2. The van der Waals surface area contributed by atoms with Crippen molar-refractivity contribution in [1.82, 2.24) is 10.2 Å². The molecule has 218 valence electrons. The summed E-state index contributed by atoms with van der Waals surface area (Å²) in [6, 6.07) is 2.49. The number of carbonyl (C=O) groups excluding carboxylic acids is 3. The number of aliphatic hydroxyl groups is 2. The normalized spacial score (nSPS) is 26.3. The fraction of sp³-hybridized carbons (Fsp3) is 0.645. The number of benzene rings is 1. The summed E-state index contributed by atoms with van der Waals surface area (Å²) in [4.78, 5) is 41.0. The number of hydrogen-bond acceptors (Lipinski definition) is 7. The molecule has 4 atom stereocenters. The Morgan fingerprint density at radius 3 is 2.52 bits per heavy atom. The molecule has 1 aromatic carbocycles. The Hall–Kier alpha value is -2.91. The van der Waals surface area contributed by atoms with Crippen molar-refractivity contribution in [2.24, 2.45) is 5.92 Å².